The summed E-state index contributed by atoms with van der Waals surface area (Å²) in [4.78, 5) is 16.3. The summed E-state index contributed by atoms with van der Waals surface area (Å²) in [6.07, 6.45) is 4.97. The summed E-state index contributed by atoms with van der Waals surface area (Å²) in [7, 11) is 0. The Morgan fingerprint density at radius 1 is 1.30 bits per heavy atom. The molecule has 1 aromatic rings. The highest BCUT2D eigenvalue weighted by Crippen LogP contribution is 2.29. The van der Waals surface area contributed by atoms with Crippen LogP contribution in [0.25, 0.3) is 0 Å². The van der Waals surface area contributed by atoms with Gasteiger partial charge in [0.05, 0.1) is 6.10 Å². The predicted molar refractivity (Wildman–Crippen MR) is 91.2 cm³/mol. The first-order chi connectivity index (χ1) is 11.1. The van der Waals surface area contributed by atoms with Gasteiger partial charge in [-0.15, -0.1) is 0 Å². The van der Waals surface area contributed by atoms with Crippen LogP contribution in [0.4, 0.5) is 0 Å². The van der Waals surface area contributed by atoms with Gasteiger partial charge in [0.25, 0.3) is 0 Å². The Hall–Kier alpha value is -1.39. The maximum Gasteiger partial charge on any atom is 0.219 e. The van der Waals surface area contributed by atoms with Crippen LogP contribution in [0.3, 0.4) is 0 Å². The predicted octanol–water partition coefficient (Wildman–Crippen LogP) is 2.07. The van der Waals surface area contributed by atoms with Crippen LogP contribution in [0.2, 0.25) is 0 Å². The molecule has 1 saturated carbocycles. The van der Waals surface area contributed by atoms with Crippen LogP contribution < -0.4 is 0 Å². The number of aliphatic hydroxyl groups excluding tert-OH is 1. The van der Waals surface area contributed by atoms with E-state index >= 15 is 0 Å². The maximum atomic E-state index is 11.8. The van der Waals surface area contributed by atoms with Crippen molar-refractivity contribution in [1.82, 2.24) is 9.80 Å². The van der Waals surface area contributed by atoms with E-state index in [0.717, 1.165) is 32.4 Å². The summed E-state index contributed by atoms with van der Waals surface area (Å²) < 4.78 is 0. The van der Waals surface area contributed by atoms with Gasteiger partial charge in [0.2, 0.25) is 5.91 Å². The molecule has 3 rings (SSSR count). The van der Waals surface area contributed by atoms with Crippen LogP contribution in [0.5, 0.6) is 0 Å². The number of carbonyl (C=O) groups excluding carboxylic acids is 1. The molecule has 1 amide bonds. The molecule has 2 aliphatic rings. The second-order valence-electron chi connectivity index (χ2n) is 7.04. The molecule has 1 aromatic carbocycles. The summed E-state index contributed by atoms with van der Waals surface area (Å²) in [6.45, 7) is 4.25. The van der Waals surface area contributed by atoms with E-state index in [1.807, 2.05) is 23.1 Å². The van der Waals surface area contributed by atoms with Gasteiger partial charge in [0, 0.05) is 32.1 Å². The maximum absolute atomic E-state index is 11.8. The highest BCUT2D eigenvalue weighted by atomic mass is 16.3. The molecule has 126 valence electrons. The Kier molecular flexibility index (Phi) is 5.34. The van der Waals surface area contributed by atoms with E-state index in [1.165, 1.54) is 12.0 Å². The number of aliphatic hydroxyl groups is 1. The molecule has 0 bridgehead atoms. The van der Waals surface area contributed by atoms with Crippen LogP contribution in [-0.4, -0.2) is 58.6 Å². The first-order valence-electron chi connectivity index (χ1n) is 8.86. The van der Waals surface area contributed by atoms with E-state index in [0.29, 0.717) is 25.0 Å². The number of nitrogens with zero attached hydrogens (tertiary/aromatic N) is 2. The normalized spacial score (nSPS) is 23.0. The molecule has 0 radical (unpaired) electrons. The van der Waals surface area contributed by atoms with E-state index in [2.05, 4.69) is 17.0 Å². The third kappa shape index (κ3) is 4.55. The Balaban J connectivity index is 1.53. The van der Waals surface area contributed by atoms with Gasteiger partial charge in [-0.25, -0.2) is 0 Å². The van der Waals surface area contributed by atoms with Gasteiger partial charge in [-0.3, -0.25) is 9.69 Å². The molecule has 2 atom stereocenters. The third-order valence-electron chi connectivity index (χ3n) is 5.06. The lowest BCUT2D eigenvalue weighted by Crippen LogP contribution is -2.45. The van der Waals surface area contributed by atoms with Crippen molar-refractivity contribution in [1.29, 1.82) is 0 Å². The van der Waals surface area contributed by atoms with Crippen LogP contribution in [0.1, 0.15) is 38.2 Å². The zero-order valence-electron chi connectivity index (χ0n) is 14.0. The number of β-amino-alcohol motifs (C(OH)–C–C–N with tert-alkyl or cyclic N) is 1. The summed E-state index contributed by atoms with van der Waals surface area (Å²) in [5, 5.41) is 10.4. The lowest BCUT2D eigenvalue weighted by Gasteiger charge is -2.31. The fraction of sp³-hybridized carbons (Fsp3) is 0.632. The number of hydrogen-bond donors (Lipinski definition) is 1. The summed E-state index contributed by atoms with van der Waals surface area (Å²) >= 11 is 0. The monoisotopic (exact) mass is 316 g/mol. The molecule has 23 heavy (non-hydrogen) atoms. The van der Waals surface area contributed by atoms with Crippen molar-refractivity contribution < 1.29 is 9.90 Å². The second kappa shape index (κ2) is 7.45. The van der Waals surface area contributed by atoms with Crippen LogP contribution in [0.15, 0.2) is 30.3 Å². The number of amides is 1. The van der Waals surface area contributed by atoms with Crippen molar-refractivity contribution in [2.24, 2.45) is 0 Å². The molecule has 0 unspecified atom stereocenters. The van der Waals surface area contributed by atoms with Gasteiger partial charge in [-0.1, -0.05) is 30.3 Å². The zero-order chi connectivity index (χ0) is 16.2. The third-order valence-corrected chi connectivity index (χ3v) is 5.06. The average Bonchev–Trinajstić information content (AvgIpc) is 3.27. The van der Waals surface area contributed by atoms with Crippen molar-refractivity contribution in [2.45, 2.75) is 57.2 Å². The minimum Gasteiger partial charge on any atom is -0.391 e. The molecule has 1 saturated heterocycles. The molecular formula is C19H28N2O2. The van der Waals surface area contributed by atoms with Gasteiger partial charge in [0.15, 0.2) is 0 Å². The number of rotatable bonds is 7. The molecule has 1 heterocycles. The molecule has 1 aliphatic heterocycles. The van der Waals surface area contributed by atoms with Crippen LogP contribution in [0, 0.1) is 0 Å². The minimum atomic E-state index is -0.343. The number of likely N-dealkylation sites (tertiary alicyclic amines) is 1. The molecular weight excluding hydrogens is 288 g/mol. The molecule has 4 nitrogen and oxygen atoms in total. The molecule has 2 fully saturated rings. The number of carbonyl (C=O) groups is 1. The Morgan fingerprint density at radius 2 is 2.04 bits per heavy atom. The Labute approximate surface area is 139 Å². The van der Waals surface area contributed by atoms with Gasteiger partial charge in [-0.05, 0) is 44.2 Å². The Bertz CT molecular complexity index is 515. The fourth-order valence-electron chi connectivity index (χ4n) is 3.71. The lowest BCUT2D eigenvalue weighted by atomic mass is 10.1. The van der Waals surface area contributed by atoms with Gasteiger partial charge >= 0.3 is 0 Å². The SMILES string of the molecule is CC(=O)N(C[C@H]1CCCN1C[C@@H](O)Cc1ccccc1)C1CC1. The largest absolute Gasteiger partial charge is 0.391 e. The van der Waals surface area contributed by atoms with Crippen LogP contribution >= 0.6 is 0 Å². The Morgan fingerprint density at radius 3 is 2.70 bits per heavy atom. The van der Waals surface area contributed by atoms with Gasteiger partial charge in [0.1, 0.15) is 0 Å². The molecule has 1 aliphatic carbocycles. The van der Waals surface area contributed by atoms with E-state index in [4.69, 9.17) is 0 Å². The van der Waals surface area contributed by atoms with E-state index in [-0.39, 0.29) is 12.0 Å². The average molecular weight is 316 g/mol. The van der Waals surface area contributed by atoms with E-state index in [9.17, 15) is 9.90 Å². The minimum absolute atomic E-state index is 0.198. The zero-order valence-corrected chi connectivity index (χ0v) is 14.0. The molecule has 1 N–H and O–H groups in total. The van der Waals surface area contributed by atoms with Crippen molar-refractivity contribution in [3.8, 4) is 0 Å². The van der Waals surface area contributed by atoms with Gasteiger partial charge in [-0.2, -0.15) is 0 Å². The summed E-state index contributed by atoms with van der Waals surface area (Å²) in [5.74, 6) is 0.198. The second-order valence-corrected chi connectivity index (χ2v) is 7.04. The molecule has 4 heteroatoms. The first-order valence-corrected chi connectivity index (χ1v) is 8.86. The van der Waals surface area contributed by atoms with Crippen molar-refractivity contribution >= 4 is 5.91 Å². The quantitative estimate of drug-likeness (QED) is 0.837. The van der Waals surface area contributed by atoms with E-state index < -0.39 is 0 Å². The van der Waals surface area contributed by atoms with Crippen LogP contribution in [-0.2, 0) is 11.2 Å². The van der Waals surface area contributed by atoms with Gasteiger partial charge < -0.3 is 10.0 Å². The fourth-order valence-corrected chi connectivity index (χ4v) is 3.71. The van der Waals surface area contributed by atoms with E-state index in [1.54, 1.807) is 6.92 Å². The topological polar surface area (TPSA) is 43.8 Å². The number of benzene rings is 1. The summed E-state index contributed by atoms with van der Waals surface area (Å²) in [5.41, 5.74) is 1.18. The van der Waals surface area contributed by atoms with Crippen molar-refractivity contribution in [3.63, 3.8) is 0 Å². The first kappa shape index (κ1) is 16.5. The smallest absolute Gasteiger partial charge is 0.219 e. The number of hydrogen-bond acceptors (Lipinski definition) is 3. The standard InChI is InChI=1S/C19H28N2O2/c1-15(22)21(17-9-10-17)13-18-8-5-11-20(18)14-19(23)12-16-6-3-2-4-7-16/h2-4,6-7,17-19,23H,5,8-14H2,1H3/t18-,19+/m1/s1. The summed E-state index contributed by atoms with van der Waals surface area (Å²) in [6, 6.07) is 11.0. The highest BCUT2D eigenvalue weighted by molar-refractivity contribution is 5.74. The lowest BCUT2D eigenvalue weighted by molar-refractivity contribution is -0.130. The van der Waals surface area contributed by atoms with Crippen molar-refractivity contribution in [3.05, 3.63) is 35.9 Å². The van der Waals surface area contributed by atoms with Crippen molar-refractivity contribution in [2.75, 3.05) is 19.6 Å². The molecule has 0 spiro atoms. The highest BCUT2D eigenvalue weighted by Gasteiger charge is 2.35. The molecule has 0 aromatic heterocycles.